The Labute approximate surface area is 164 Å². The Morgan fingerprint density at radius 1 is 1.22 bits per heavy atom. The molecule has 1 amide bonds. The van der Waals surface area contributed by atoms with Crippen LogP contribution in [0.15, 0.2) is 41.8 Å². The summed E-state index contributed by atoms with van der Waals surface area (Å²) in [6, 6.07) is 12.3. The maximum atomic E-state index is 12.9. The number of carbonyl (C=O) groups is 1. The molecular weight excluding hydrogens is 380 g/mol. The van der Waals surface area contributed by atoms with Gasteiger partial charge in [0.15, 0.2) is 0 Å². The fourth-order valence-corrected chi connectivity index (χ4v) is 5.82. The zero-order chi connectivity index (χ0) is 19.0. The van der Waals surface area contributed by atoms with Crippen LogP contribution in [0.4, 0.5) is 0 Å². The van der Waals surface area contributed by atoms with Crippen LogP contribution in [0.2, 0.25) is 0 Å². The zero-order valence-corrected chi connectivity index (χ0v) is 16.9. The Kier molecular flexibility index (Phi) is 5.09. The second-order valence-electron chi connectivity index (χ2n) is 7.57. The molecule has 1 aromatic heterocycles. The summed E-state index contributed by atoms with van der Waals surface area (Å²) in [5, 5.41) is 2.16. The molecule has 1 aliphatic carbocycles. The van der Waals surface area contributed by atoms with Gasteiger partial charge in [0.2, 0.25) is 15.9 Å². The molecule has 2 aromatic rings. The molecule has 2 aliphatic rings. The third kappa shape index (κ3) is 4.42. The monoisotopic (exact) mass is 404 g/mol. The van der Waals surface area contributed by atoms with Crippen molar-refractivity contribution in [2.24, 2.45) is 5.92 Å². The summed E-state index contributed by atoms with van der Waals surface area (Å²) in [6.07, 6.45) is 3.70. The number of thiophene rings is 1. The quantitative estimate of drug-likeness (QED) is 0.833. The first-order valence-corrected chi connectivity index (χ1v) is 12.1. The number of piperidine rings is 1. The van der Waals surface area contributed by atoms with Gasteiger partial charge in [-0.1, -0.05) is 30.3 Å². The van der Waals surface area contributed by atoms with Crippen LogP contribution in [0.5, 0.6) is 0 Å². The fourth-order valence-electron chi connectivity index (χ4n) is 3.92. The molecular formula is C20H24N2O3S2. The summed E-state index contributed by atoms with van der Waals surface area (Å²) in [5.41, 5.74) is 2.42. The van der Waals surface area contributed by atoms with Gasteiger partial charge >= 0.3 is 0 Å². The predicted octanol–water partition coefficient (Wildman–Crippen LogP) is 3.06. The molecule has 144 valence electrons. The van der Waals surface area contributed by atoms with E-state index in [0.29, 0.717) is 12.5 Å². The minimum absolute atomic E-state index is 0.0456. The van der Waals surface area contributed by atoms with E-state index in [0.717, 1.165) is 25.8 Å². The number of hydrogen-bond donors (Lipinski definition) is 1. The third-order valence-corrected chi connectivity index (χ3v) is 7.14. The Hall–Kier alpha value is -1.70. The molecule has 1 N–H and O–H groups in total. The Balaban J connectivity index is 1.38. The first-order chi connectivity index (χ1) is 12.9. The van der Waals surface area contributed by atoms with Gasteiger partial charge in [-0.15, -0.1) is 11.3 Å². The van der Waals surface area contributed by atoms with Crippen molar-refractivity contribution >= 4 is 27.3 Å². The molecule has 27 heavy (non-hydrogen) atoms. The zero-order valence-electron chi connectivity index (χ0n) is 15.3. The molecule has 1 saturated heterocycles. The normalized spacial score (nSPS) is 25.4. The van der Waals surface area contributed by atoms with E-state index in [9.17, 15) is 13.2 Å². The summed E-state index contributed by atoms with van der Waals surface area (Å²) >= 11 is 1.73. The summed E-state index contributed by atoms with van der Waals surface area (Å²) in [6.45, 7) is 1.21. The van der Waals surface area contributed by atoms with Gasteiger partial charge in [-0.05, 0) is 41.8 Å². The van der Waals surface area contributed by atoms with E-state index in [-0.39, 0.29) is 17.9 Å². The maximum absolute atomic E-state index is 12.9. The van der Waals surface area contributed by atoms with Crippen molar-refractivity contribution in [2.45, 2.75) is 31.2 Å². The van der Waals surface area contributed by atoms with Crippen molar-refractivity contribution < 1.29 is 13.2 Å². The molecule has 0 bridgehead atoms. The molecule has 0 unspecified atom stereocenters. The number of sulfonamides is 1. The number of hydrogen-bond acceptors (Lipinski definition) is 4. The topological polar surface area (TPSA) is 66.5 Å². The molecule has 2 fully saturated rings. The standard InChI is InChI=1S/C20H24N2O3S2/c1-27(24,25)21-16-8-5-9-22(12-16)20(23)18-11-17(18)19-10-15(13-26-19)14-6-3-2-4-7-14/h2-4,6-7,10,13,16-18,21H,5,8-9,11-12H2,1H3/t16-,17-,18-/m1/s1. The molecule has 0 spiro atoms. The first-order valence-electron chi connectivity index (χ1n) is 9.30. The van der Waals surface area contributed by atoms with Gasteiger partial charge in [0.1, 0.15) is 0 Å². The van der Waals surface area contributed by atoms with Crippen molar-refractivity contribution in [1.82, 2.24) is 9.62 Å². The molecule has 1 saturated carbocycles. The summed E-state index contributed by atoms with van der Waals surface area (Å²) in [5.74, 6) is 0.530. The van der Waals surface area contributed by atoms with Gasteiger partial charge in [0, 0.05) is 35.8 Å². The van der Waals surface area contributed by atoms with Gasteiger partial charge in [-0.3, -0.25) is 4.79 Å². The largest absolute Gasteiger partial charge is 0.341 e. The molecule has 4 rings (SSSR count). The van der Waals surface area contributed by atoms with Crippen molar-refractivity contribution in [2.75, 3.05) is 19.3 Å². The molecule has 5 nitrogen and oxygen atoms in total. The van der Waals surface area contributed by atoms with Crippen molar-refractivity contribution in [3.05, 3.63) is 46.7 Å². The van der Waals surface area contributed by atoms with Crippen LogP contribution < -0.4 is 4.72 Å². The first kappa shape index (κ1) is 18.7. The lowest BCUT2D eigenvalue weighted by atomic mass is 10.1. The molecule has 0 radical (unpaired) electrons. The number of rotatable bonds is 5. The van der Waals surface area contributed by atoms with Crippen LogP contribution >= 0.6 is 11.3 Å². The van der Waals surface area contributed by atoms with Gasteiger partial charge in [-0.25, -0.2) is 13.1 Å². The summed E-state index contributed by atoms with van der Waals surface area (Å²) in [7, 11) is -3.24. The van der Waals surface area contributed by atoms with E-state index >= 15 is 0 Å². The molecule has 7 heteroatoms. The molecule has 1 aliphatic heterocycles. The number of likely N-dealkylation sites (tertiary alicyclic amines) is 1. The van der Waals surface area contributed by atoms with Crippen LogP contribution in [0.3, 0.4) is 0 Å². The second kappa shape index (κ2) is 7.37. The van der Waals surface area contributed by atoms with Crippen LogP contribution in [0.1, 0.15) is 30.1 Å². The lowest BCUT2D eigenvalue weighted by Gasteiger charge is -2.33. The van der Waals surface area contributed by atoms with Gasteiger partial charge < -0.3 is 4.90 Å². The van der Waals surface area contributed by atoms with E-state index < -0.39 is 10.0 Å². The number of amides is 1. The molecule has 3 atom stereocenters. The molecule has 1 aromatic carbocycles. The second-order valence-corrected chi connectivity index (χ2v) is 10.3. The van der Waals surface area contributed by atoms with Gasteiger partial charge in [-0.2, -0.15) is 0 Å². The number of benzene rings is 1. The number of nitrogens with zero attached hydrogens (tertiary/aromatic N) is 1. The number of carbonyl (C=O) groups excluding carboxylic acids is 1. The highest BCUT2D eigenvalue weighted by Crippen LogP contribution is 2.51. The van der Waals surface area contributed by atoms with Crippen LogP contribution in [0, 0.1) is 5.92 Å². The summed E-state index contributed by atoms with van der Waals surface area (Å²) in [4.78, 5) is 16.0. The average Bonchev–Trinajstić information content (AvgIpc) is 3.28. The SMILES string of the molecule is CS(=O)(=O)N[C@@H]1CCCN(C(=O)[C@@H]2C[C@H]2c2cc(-c3ccccc3)cs2)C1. The van der Waals surface area contributed by atoms with E-state index in [1.165, 1.54) is 22.3 Å². The fraction of sp³-hybridized carbons (Fsp3) is 0.450. The Morgan fingerprint density at radius 2 is 2.00 bits per heavy atom. The van der Waals surface area contributed by atoms with E-state index in [1.807, 2.05) is 23.1 Å². The van der Waals surface area contributed by atoms with Crippen molar-refractivity contribution in [3.8, 4) is 11.1 Å². The summed E-state index contributed by atoms with van der Waals surface area (Å²) < 4.78 is 25.6. The van der Waals surface area contributed by atoms with Crippen LogP contribution in [0.25, 0.3) is 11.1 Å². The third-order valence-electron chi connectivity index (χ3n) is 5.31. The van der Waals surface area contributed by atoms with Crippen LogP contribution in [-0.4, -0.2) is 44.6 Å². The minimum Gasteiger partial charge on any atom is -0.341 e. The highest BCUT2D eigenvalue weighted by molar-refractivity contribution is 7.88. The minimum atomic E-state index is -3.24. The predicted molar refractivity (Wildman–Crippen MR) is 108 cm³/mol. The average molecular weight is 405 g/mol. The van der Waals surface area contributed by atoms with E-state index in [2.05, 4.69) is 28.3 Å². The maximum Gasteiger partial charge on any atom is 0.226 e. The van der Waals surface area contributed by atoms with Gasteiger partial charge in [0.25, 0.3) is 0 Å². The van der Waals surface area contributed by atoms with Gasteiger partial charge in [0.05, 0.1) is 6.26 Å². The Morgan fingerprint density at radius 3 is 2.74 bits per heavy atom. The number of nitrogens with one attached hydrogen (secondary N) is 1. The van der Waals surface area contributed by atoms with Crippen molar-refractivity contribution in [1.29, 1.82) is 0 Å². The lowest BCUT2D eigenvalue weighted by Crippen LogP contribution is -2.49. The van der Waals surface area contributed by atoms with Crippen molar-refractivity contribution in [3.63, 3.8) is 0 Å². The van der Waals surface area contributed by atoms with Crippen LogP contribution in [-0.2, 0) is 14.8 Å². The van der Waals surface area contributed by atoms with E-state index in [4.69, 9.17) is 0 Å². The van der Waals surface area contributed by atoms with E-state index in [1.54, 1.807) is 11.3 Å². The smallest absolute Gasteiger partial charge is 0.226 e. The Bertz CT molecular complexity index is 924. The highest BCUT2D eigenvalue weighted by Gasteiger charge is 2.47. The lowest BCUT2D eigenvalue weighted by molar-refractivity contribution is -0.133. The molecule has 2 heterocycles. The highest BCUT2D eigenvalue weighted by atomic mass is 32.2.